The Morgan fingerprint density at radius 2 is 1.31 bits per heavy atom. The standard InChI is InChI=1S/C41H26N4/c1-41(2)35-19-16-26(43-3)22-33(35)31-17-18-32-29-11-4-7-14-37(29)45(40(32)39(31)41)28-10-8-9-27(23-28)44-36-13-6-5-12-30(36)34-21-25(24-42)15-20-38(34)44/h4-23H,1-2H3. The van der Waals surface area contributed by atoms with Crippen LogP contribution in [0, 0.1) is 17.9 Å². The van der Waals surface area contributed by atoms with Crippen molar-refractivity contribution in [1.29, 1.82) is 5.26 Å². The molecule has 0 saturated heterocycles. The van der Waals surface area contributed by atoms with Gasteiger partial charge < -0.3 is 9.13 Å². The minimum atomic E-state index is -0.250. The van der Waals surface area contributed by atoms with E-state index < -0.39 is 0 Å². The van der Waals surface area contributed by atoms with E-state index in [1.54, 1.807) is 0 Å². The van der Waals surface area contributed by atoms with Crippen LogP contribution in [0.25, 0.3) is 71.0 Å². The Balaban J connectivity index is 1.36. The fourth-order valence-corrected chi connectivity index (χ4v) is 7.78. The molecule has 4 heteroatoms. The number of rotatable bonds is 2. The molecule has 9 rings (SSSR count). The minimum absolute atomic E-state index is 0.250. The van der Waals surface area contributed by atoms with Crippen molar-refractivity contribution in [2.75, 3.05) is 0 Å². The highest BCUT2D eigenvalue weighted by atomic mass is 15.0. The van der Waals surface area contributed by atoms with Gasteiger partial charge in [-0.1, -0.05) is 80.6 Å². The van der Waals surface area contributed by atoms with E-state index in [1.807, 2.05) is 18.2 Å². The molecule has 0 N–H and O–H groups in total. The maximum atomic E-state index is 9.62. The average molecular weight is 575 g/mol. The second-order valence-corrected chi connectivity index (χ2v) is 12.4. The average Bonchev–Trinajstić information content (AvgIpc) is 3.67. The Bertz CT molecular complexity index is 2650. The molecule has 0 unspecified atom stereocenters. The van der Waals surface area contributed by atoms with Gasteiger partial charge in [0.25, 0.3) is 0 Å². The predicted octanol–water partition coefficient (Wildman–Crippen LogP) is 10.6. The van der Waals surface area contributed by atoms with Gasteiger partial charge in [-0.2, -0.15) is 5.26 Å². The second-order valence-electron chi connectivity index (χ2n) is 12.4. The van der Waals surface area contributed by atoms with Crippen LogP contribution in [0.3, 0.4) is 0 Å². The van der Waals surface area contributed by atoms with Gasteiger partial charge in [0.05, 0.1) is 40.3 Å². The first-order valence-electron chi connectivity index (χ1n) is 15.1. The molecule has 0 amide bonds. The van der Waals surface area contributed by atoms with Gasteiger partial charge in [-0.15, -0.1) is 0 Å². The van der Waals surface area contributed by atoms with Crippen molar-refractivity contribution in [2.45, 2.75) is 19.3 Å². The highest BCUT2D eigenvalue weighted by Gasteiger charge is 2.38. The molecule has 0 radical (unpaired) electrons. The van der Waals surface area contributed by atoms with E-state index in [1.165, 1.54) is 33.0 Å². The van der Waals surface area contributed by atoms with Crippen molar-refractivity contribution in [1.82, 2.24) is 9.13 Å². The Morgan fingerprint density at radius 3 is 2.07 bits per heavy atom. The zero-order chi connectivity index (χ0) is 30.4. The van der Waals surface area contributed by atoms with Crippen LogP contribution in [-0.4, -0.2) is 9.13 Å². The summed E-state index contributed by atoms with van der Waals surface area (Å²) in [6, 6.07) is 44.8. The molecule has 8 aromatic rings. The van der Waals surface area contributed by atoms with Gasteiger partial charge in [0.2, 0.25) is 0 Å². The van der Waals surface area contributed by atoms with E-state index in [0.717, 1.165) is 44.3 Å². The molecule has 1 aliphatic rings. The van der Waals surface area contributed by atoms with E-state index in [-0.39, 0.29) is 5.41 Å². The minimum Gasteiger partial charge on any atom is -0.309 e. The predicted molar refractivity (Wildman–Crippen MR) is 184 cm³/mol. The quantitative estimate of drug-likeness (QED) is 0.189. The summed E-state index contributed by atoms with van der Waals surface area (Å²) < 4.78 is 4.73. The van der Waals surface area contributed by atoms with Crippen LogP contribution >= 0.6 is 0 Å². The SMILES string of the molecule is [C-]#[N+]c1ccc2c(c1)-c1ccc3c4ccccc4n(-c4cccc(-n5c6ccccc6c6cc(C#N)ccc65)c4)c3c1C2(C)C. The number of para-hydroxylation sites is 2. The molecule has 0 fully saturated rings. The highest BCUT2D eigenvalue weighted by molar-refractivity contribution is 6.13. The molecule has 0 aliphatic heterocycles. The first-order chi connectivity index (χ1) is 22.0. The lowest BCUT2D eigenvalue weighted by Crippen LogP contribution is -2.16. The van der Waals surface area contributed by atoms with Crippen LogP contribution in [0.1, 0.15) is 30.5 Å². The summed E-state index contributed by atoms with van der Waals surface area (Å²) >= 11 is 0. The van der Waals surface area contributed by atoms with Crippen molar-refractivity contribution in [3.8, 4) is 28.6 Å². The summed E-state index contributed by atoms with van der Waals surface area (Å²) in [5, 5.41) is 14.3. The van der Waals surface area contributed by atoms with Gasteiger partial charge in [0.15, 0.2) is 5.69 Å². The summed E-state index contributed by atoms with van der Waals surface area (Å²) in [5.41, 5.74) is 12.7. The number of benzene rings is 6. The molecule has 0 bridgehead atoms. The van der Waals surface area contributed by atoms with Crippen molar-refractivity contribution in [2.24, 2.45) is 0 Å². The van der Waals surface area contributed by atoms with Crippen LogP contribution in [-0.2, 0) is 5.41 Å². The van der Waals surface area contributed by atoms with Gasteiger partial charge in [0, 0.05) is 38.3 Å². The second kappa shape index (κ2) is 8.96. The molecule has 1 aliphatic carbocycles. The van der Waals surface area contributed by atoms with E-state index in [0.29, 0.717) is 11.3 Å². The fraction of sp³-hybridized carbons (Fsp3) is 0.0732. The first kappa shape index (κ1) is 25.4. The third-order valence-electron chi connectivity index (χ3n) is 9.71. The molecular weight excluding hydrogens is 548 g/mol. The number of nitriles is 1. The largest absolute Gasteiger partial charge is 0.309 e. The van der Waals surface area contributed by atoms with Crippen LogP contribution in [0.2, 0.25) is 0 Å². The van der Waals surface area contributed by atoms with Crippen LogP contribution in [0.5, 0.6) is 0 Å². The monoisotopic (exact) mass is 574 g/mol. The molecule has 210 valence electrons. The highest BCUT2D eigenvalue weighted by Crippen LogP contribution is 2.53. The van der Waals surface area contributed by atoms with Gasteiger partial charge in [-0.3, -0.25) is 0 Å². The molecular formula is C41H26N4. The Hall–Kier alpha value is -6.10. The van der Waals surface area contributed by atoms with E-state index >= 15 is 0 Å². The van der Waals surface area contributed by atoms with Crippen molar-refractivity contribution in [3.05, 3.63) is 149 Å². The summed E-state index contributed by atoms with van der Waals surface area (Å²) in [6.45, 7) is 12.3. The van der Waals surface area contributed by atoms with Gasteiger partial charge in [-0.05, 0) is 76.9 Å². The molecule has 0 atom stereocenters. The normalized spacial score (nSPS) is 13.2. The Labute approximate surface area is 260 Å². The molecule has 2 heterocycles. The third-order valence-corrected chi connectivity index (χ3v) is 9.71. The topological polar surface area (TPSA) is 38.0 Å². The number of fused-ring (bicyclic) bond motifs is 10. The first-order valence-corrected chi connectivity index (χ1v) is 15.1. The maximum Gasteiger partial charge on any atom is 0.187 e. The number of aromatic nitrogens is 2. The summed E-state index contributed by atoms with van der Waals surface area (Å²) in [5.74, 6) is 0. The Kier molecular flexibility index (Phi) is 5.06. The summed E-state index contributed by atoms with van der Waals surface area (Å²) in [6.07, 6.45) is 0. The van der Waals surface area contributed by atoms with Crippen LogP contribution < -0.4 is 0 Å². The zero-order valence-electron chi connectivity index (χ0n) is 24.8. The molecule has 6 aromatic carbocycles. The van der Waals surface area contributed by atoms with Crippen LogP contribution in [0.15, 0.2) is 121 Å². The molecule has 0 saturated carbocycles. The lowest BCUT2D eigenvalue weighted by molar-refractivity contribution is 0.664. The van der Waals surface area contributed by atoms with Gasteiger partial charge >= 0.3 is 0 Å². The van der Waals surface area contributed by atoms with Crippen molar-refractivity contribution in [3.63, 3.8) is 0 Å². The van der Waals surface area contributed by atoms with E-state index in [4.69, 9.17) is 6.57 Å². The van der Waals surface area contributed by atoms with Crippen molar-refractivity contribution >= 4 is 49.3 Å². The summed E-state index contributed by atoms with van der Waals surface area (Å²) in [4.78, 5) is 3.74. The molecule has 0 spiro atoms. The smallest absolute Gasteiger partial charge is 0.187 e. The van der Waals surface area contributed by atoms with E-state index in [2.05, 4.69) is 137 Å². The molecule has 4 nitrogen and oxygen atoms in total. The number of nitrogens with zero attached hydrogens (tertiary/aromatic N) is 4. The van der Waals surface area contributed by atoms with Gasteiger partial charge in [-0.25, -0.2) is 4.85 Å². The third kappa shape index (κ3) is 3.34. The van der Waals surface area contributed by atoms with E-state index in [9.17, 15) is 5.26 Å². The Morgan fingerprint density at radius 1 is 0.622 bits per heavy atom. The zero-order valence-corrected chi connectivity index (χ0v) is 24.8. The lowest BCUT2D eigenvalue weighted by atomic mass is 9.81. The van der Waals surface area contributed by atoms with Gasteiger partial charge in [0.1, 0.15) is 0 Å². The number of hydrogen-bond donors (Lipinski definition) is 0. The maximum absolute atomic E-state index is 9.62. The lowest BCUT2D eigenvalue weighted by Gasteiger charge is -2.24. The molecule has 45 heavy (non-hydrogen) atoms. The van der Waals surface area contributed by atoms with Crippen molar-refractivity contribution < 1.29 is 0 Å². The summed E-state index contributed by atoms with van der Waals surface area (Å²) in [7, 11) is 0. The fourth-order valence-electron chi connectivity index (χ4n) is 7.78. The van der Waals surface area contributed by atoms with Crippen LogP contribution in [0.4, 0.5) is 5.69 Å². The molecule has 2 aromatic heterocycles. The number of hydrogen-bond acceptors (Lipinski definition) is 1.